The first-order chi connectivity index (χ1) is 8.10. The van der Waals surface area contributed by atoms with Crippen LogP contribution in [0, 0.1) is 0 Å². The Hall–Kier alpha value is -1.29. The number of hydrogen-bond acceptors (Lipinski definition) is 4. The summed E-state index contributed by atoms with van der Waals surface area (Å²) in [7, 11) is 0. The molecule has 0 fully saturated rings. The van der Waals surface area contributed by atoms with Crippen LogP contribution in [0.3, 0.4) is 0 Å². The highest BCUT2D eigenvalue weighted by Gasteiger charge is 2.36. The molecule has 0 bridgehead atoms. The van der Waals surface area contributed by atoms with Gasteiger partial charge in [-0.25, -0.2) is 9.97 Å². The zero-order chi connectivity index (χ0) is 12.9. The van der Waals surface area contributed by atoms with Gasteiger partial charge < -0.3 is 0 Å². The van der Waals surface area contributed by atoms with Crippen LogP contribution in [0.4, 0.5) is 0 Å². The molecular weight excluding hydrogens is 214 g/mol. The lowest BCUT2D eigenvalue weighted by Gasteiger charge is -2.38. The first-order valence-corrected chi connectivity index (χ1v) is 6.15. The van der Waals surface area contributed by atoms with Crippen molar-refractivity contribution in [2.45, 2.75) is 39.7 Å². The van der Waals surface area contributed by atoms with Crippen LogP contribution in [0.25, 0.3) is 0 Å². The highest BCUT2D eigenvalue weighted by molar-refractivity contribution is 6.02. The van der Waals surface area contributed by atoms with Crippen LogP contribution in [-0.4, -0.2) is 39.3 Å². The van der Waals surface area contributed by atoms with Crippen LogP contribution in [-0.2, 0) is 0 Å². The van der Waals surface area contributed by atoms with Crippen molar-refractivity contribution in [3.63, 3.8) is 0 Å². The van der Waals surface area contributed by atoms with E-state index >= 15 is 0 Å². The van der Waals surface area contributed by atoms with Gasteiger partial charge in [0.2, 0.25) is 0 Å². The van der Waals surface area contributed by atoms with Crippen LogP contribution >= 0.6 is 0 Å². The van der Waals surface area contributed by atoms with Crippen LogP contribution in [0.2, 0.25) is 0 Å². The van der Waals surface area contributed by atoms with E-state index < -0.39 is 5.54 Å². The van der Waals surface area contributed by atoms with Crippen molar-refractivity contribution in [2.75, 3.05) is 13.1 Å². The van der Waals surface area contributed by atoms with Crippen molar-refractivity contribution in [1.29, 1.82) is 0 Å². The van der Waals surface area contributed by atoms with Gasteiger partial charge in [0.1, 0.15) is 6.33 Å². The minimum Gasteiger partial charge on any atom is -0.292 e. The van der Waals surface area contributed by atoms with Gasteiger partial charge in [0, 0.05) is 12.4 Å². The number of Topliss-reactive ketones (excluding diaryl/α,β-unsaturated/α-hetero) is 1. The van der Waals surface area contributed by atoms with Gasteiger partial charge in [0.25, 0.3) is 0 Å². The predicted molar refractivity (Wildman–Crippen MR) is 68.0 cm³/mol. The van der Waals surface area contributed by atoms with Crippen molar-refractivity contribution < 1.29 is 4.79 Å². The van der Waals surface area contributed by atoms with Crippen molar-refractivity contribution in [2.24, 2.45) is 0 Å². The number of carbonyl (C=O) groups is 1. The standard InChI is InChI=1S/C13H21N3O/c1-5-13(4,16(6-2)7-3)12(17)11-8-14-10-15-9-11/h8-10H,5-7H2,1-4H3. The molecule has 0 saturated heterocycles. The second-order valence-electron chi connectivity index (χ2n) is 4.26. The third-order valence-corrected chi connectivity index (χ3v) is 3.46. The molecular formula is C13H21N3O. The zero-order valence-electron chi connectivity index (χ0n) is 11.1. The fourth-order valence-electron chi connectivity index (χ4n) is 2.18. The number of rotatable bonds is 6. The van der Waals surface area contributed by atoms with E-state index in [0.717, 1.165) is 19.5 Å². The fraction of sp³-hybridized carbons (Fsp3) is 0.615. The molecule has 0 aliphatic carbocycles. The largest absolute Gasteiger partial charge is 0.292 e. The number of ketones is 1. The molecule has 0 saturated carbocycles. The summed E-state index contributed by atoms with van der Waals surface area (Å²) < 4.78 is 0. The zero-order valence-corrected chi connectivity index (χ0v) is 11.1. The Morgan fingerprint density at radius 3 is 2.18 bits per heavy atom. The molecule has 0 spiro atoms. The molecule has 1 heterocycles. The van der Waals surface area contributed by atoms with Crippen molar-refractivity contribution in [3.05, 3.63) is 24.3 Å². The molecule has 0 aliphatic heterocycles. The molecule has 0 aromatic carbocycles. The molecule has 0 aliphatic rings. The summed E-state index contributed by atoms with van der Waals surface area (Å²) in [5.41, 5.74) is 0.123. The summed E-state index contributed by atoms with van der Waals surface area (Å²) in [4.78, 5) is 22.5. The van der Waals surface area contributed by atoms with Crippen molar-refractivity contribution in [3.8, 4) is 0 Å². The topological polar surface area (TPSA) is 46.1 Å². The third-order valence-electron chi connectivity index (χ3n) is 3.46. The van der Waals surface area contributed by atoms with Crippen LogP contribution in [0.1, 0.15) is 44.5 Å². The predicted octanol–water partition coefficient (Wildman–Crippen LogP) is 2.17. The van der Waals surface area contributed by atoms with Crippen molar-refractivity contribution in [1.82, 2.24) is 14.9 Å². The SMILES string of the molecule is CCN(CC)C(C)(CC)C(=O)c1cncnc1. The number of carbonyl (C=O) groups excluding carboxylic acids is 1. The summed E-state index contributed by atoms with van der Waals surface area (Å²) in [6.07, 6.45) is 5.40. The first kappa shape index (κ1) is 13.8. The smallest absolute Gasteiger partial charge is 0.185 e. The maximum atomic E-state index is 12.5. The minimum absolute atomic E-state index is 0.101. The first-order valence-electron chi connectivity index (χ1n) is 6.15. The molecule has 1 atom stereocenters. The molecule has 4 heteroatoms. The van der Waals surface area contributed by atoms with Gasteiger partial charge in [-0.05, 0) is 26.4 Å². The van der Waals surface area contributed by atoms with E-state index in [1.54, 1.807) is 12.4 Å². The van der Waals surface area contributed by atoms with E-state index in [9.17, 15) is 4.79 Å². The van der Waals surface area contributed by atoms with E-state index in [2.05, 4.69) is 28.7 Å². The summed E-state index contributed by atoms with van der Waals surface area (Å²) in [5, 5.41) is 0. The maximum absolute atomic E-state index is 12.5. The quantitative estimate of drug-likeness (QED) is 0.709. The molecule has 17 heavy (non-hydrogen) atoms. The highest BCUT2D eigenvalue weighted by atomic mass is 16.1. The van der Waals surface area contributed by atoms with Gasteiger partial charge >= 0.3 is 0 Å². The van der Waals surface area contributed by atoms with E-state index in [-0.39, 0.29) is 5.78 Å². The maximum Gasteiger partial charge on any atom is 0.185 e. The lowest BCUT2D eigenvalue weighted by atomic mass is 9.87. The van der Waals surface area contributed by atoms with E-state index in [1.165, 1.54) is 6.33 Å². The van der Waals surface area contributed by atoms with Crippen LogP contribution in [0.15, 0.2) is 18.7 Å². The van der Waals surface area contributed by atoms with Gasteiger partial charge in [0.05, 0.1) is 11.1 Å². The van der Waals surface area contributed by atoms with Crippen LogP contribution in [0.5, 0.6) is 0 Å². The molecule has 0 radical (unpaired) electrons. The summed E-state index contributed by atoms with van der Waals surface area (Å²) in [6, 6.07) is 0. The summed E-state index contributed by atoms with van der Waals surface area (Å²) in [6.45, 7) is 9.91. The number of aromatic nitrogens is 2. The van der Waals surface area contributed by atoms with Gasteiger partial charge in [0.15, 0.2) is 5.78 Å². The fourth-order valence-corrected chi connectivity index (χ4v) is 2.18. The van der Waals surface area contributed by atoms with Gasteiger partial charge in [-0.3, -0.25) is 9.69 Å². The van der Waals surface area contributed by atoms with Crippen molar-refractivity contribution >= 4 is 5.78 Å². The Balaban J connectivity index is 3.05. The molecule has 1 aromatic rings. The molecule has 0 amide bonds. The molecule has 94 valence electrons. The monoisotopic (exact) mass is 235 g/mol. The second-order valence-corrected chi connectivity index (χ2v) is 4.26. The lowest BCUT2D eigenvalue weighted by Crippen LogP contribution is -2.51. The lowest BCUT2D eigenvalue weighted by molar-refractivity contribution is 0.0607. The van der Waals surface area contributed by atoms with Gasteiger partial charge in [-0.1, -0.05) is 20.8 Å². The van der Waals surface area contributed by atoms with Gasteiger partial charge in [-0.15, -0.1) is 0 Å². The normalized spacial score (nSPS) is 14.6. The summed E-state index contributed by atoms with van der Waals surface area (Å²) in [5.74, 6) is 0.101. The van der Waals surface area contributed by atoms with E-state index in [0.29, 0.717) is 5.56 Å². The molecule has 1 rings (SSSR count). The Bertz CT molecular complexity index is 362. The van der Waals surface area contributed by atoms with Crippen LogP contribution < -0.4 is 0 Å². The van der Waals surface area contributed by atoms with E-state index in [1.807, 2.05) is 13.8 Å². The highest BCUT2D eigenvalue weighted by Crippen LogP contribution is 2.23. The molecule has 1 aromatic heterocycles. The van der Waals surface area contributed by atoms with Gasteiger partial charge in [-0.2, -0.15) is 0 Å². The number of nitrogens with zero attached hydrogens (tertiary/aromatic N) is 3. The Morgan fingerprint density at radius 1 is 1.24 bits per heavy atom. The average Bonchev–Trinajstić information content (AvgIpc) is 2.39. The second kappa shape index (κ2) is 5.87. The van der Waals surface area contributed by atoms with E-state index in [4.69, 9.17) is 0 Å². The molecule has 4 nitrogen and oxygen atoms in total. The minimum atomic E-state index is -0.464. The molecule has 0 N–H and O–H groups in total. The third kappa shape index (κ3) is 2.69. The average molecular weight is 235 g/mol. The number of likely N-dealkylation sites (N-methyl/N-ethyl adjacent to an activating group) is 1. The Kier molecular flexibility index (Phi) is 4.75. The molecule has 1 unspecified atom stereocenters. The Labute approximate surface area is 103 Å². The summed E-state index contributed by atoms with van der Waals surface area (Å²) >= 11 is 0. The number of hydrogen-bond donors (Lipinski definition) is 0. The Morgan fingerprint density at radius 2 is 1.76 bits per heavy atom.